The summed E-state index contributed by atoms with van der Waals surface area (Å²) in [5.41, 5.74) is 2.46. The number of non-ortho nitro benzene ring substituents is 1. The molecule has 0 radical (unpaired) electrons. The van der Waals surface area contributed by atoms with E-state index in [1.54, 1.807) is 18.2 Å². The Morgan fingerprint density at radius 3 is 2.47 bits per heavy atom. The number of esters is 1. The molecule has 10 heteroatoms. The van der Waals surface area contributed by atoms with E-state index in [0.717, 1.165) is 22.9 Å². The minimum absolute atomic E-state index is 0.130. The van der Waals surface area contributed by atoms with Crippen molar-refractivity contribution in [3.05, 3.63) is 104 Å². The molecule has 36 heavy (non-hydrogen) atoms. The predicted molar refractivity (Wildman–Crippen MR) is 134 cm³/mol. The monoisotopic (exact) mass is 504 g/mol. The van der Waals surface area contributed by atoms with E-state index >= 15 is 0 Å². The quantitative estimate of drug-likeness (QED) is 0.139. The molecule has 9 nitrogen and oxygen atoms in total. The maximum atomic E-state index is 12.9. The first kappa shape index (κ1) is 24.7. The van der Waals surface area contributed by atoms with Crippen molar-refractivity contribution in [1.82, 2.24) is 4.90 Å². The number of nitrogens with zero attached hydrogens (tertiary/aromatic N) is 2. The summed E-state index contributed by atoms with van der Waals surface area (Å²) in [6.45, 7) is 2.13. The minimum Gasteiger partial charge on any atom is -0.493 e. The summed E-state index contributed by atoms with van der Waals surface area (Å²) >= 11 is 0.853. The van der Waals surface area contributed by atoms with Gasteiger partial charge in [-0.2, -0.15) is 0 Å². The zero-order valence-electron chi connectivity index (χ0n) is 19.3. The maximum Gasteiger partial charge on any atom is 0.343 e. The van der Waals surface area contributed by atoms with E-state index in [9.17, 15) is 24.5 Å². The Labute approximate surface area is 210 Å². The number of methoxy groups -OCH3 is 1. The molecular weight excluding hydrogens is 484 g/mol. The van der Waals surface area contributed by atoms with Crippen LogP contribution in [0.1, 0.15) is 27.0 Å². The average molecular weight is 505 g/mol. The number of nitro groups is 1. The number of benzene rings is 3. The van der Waals surface area contributed by atoms with Crippen LogP contribution < -0.4 is 9.47 Å². The van der Waals surface area contributed by atoms with Crippen molar-refractivity contribution < 1.29 is 28.8 Å². The van der Waals surface area contributed by atoms with Gasteiger partial charge in [0.15, 0.2) is 11.5 Å². The summed E-state index contributed by atoms with van der Waals surface area (Å²) in [6, 6.07) is 17.3. The van der Waals surface area contributed by atoms with Crippen molar-refractivity contribution in [2.45, 2.75) is 13.5 Å². The first-order valence-corrected chi connectivity index (χ1v) is 11.5. The van der Waals surface area contributed by atoms with E-state index in [2.05, 4.69) is 0 Å². The summed E-state index contributed by atoms with van der Waals surface area (Å²) < 4.78 is 10.7. The van der Waals surface area contributed by atoms with Crippen LogP contribution in [0.5, 0.6) is 11.5 Å². The number of hydrogen-bond acceptors (Lipinski definition) is 8. The largest absolute Gasteiger partial charge is 0.493 e. The first-order chi connectivity index (χ1) is 17.2. The zero-order chi connectivity index (χ0) is 25.8. The summed E-state index contributed by atoms with van der Waals surface area (Å²) in [7, 11) is 1.40. The fourth-order valence-corrected chi connectivity index (χ4v) is 4.36. The summed E-state index contributed by atoms with van der Waals surface area (Å²) in [6.07, 6.45) is 1.57. The van der Waals surface area contributed by atoms with Crippen molar-refractivity contribution in [2.75, 3.05) is 7.11 Å². The Kier molecular flexibility index (Phi) is 7.16. The molecule has 1 saturated heterocycles. The second kappa shape index (κ2) is 10.4. The fraction of sp³-hybridized carbons (Fsp3) is 0.115. The summed E-state index contributed by atoms with van der Waals surface area (Å²) in [4.78, 5) is 49.5. The molecule has 4 rings (SSSR count). The molecule has 0 atom stereocenters. The lowest BCUT2D eigenvalue weighted by Crippen LogP contribution is -2.27. The Bertz CT molecular complexity index is 1400. The standard InChI is InChI=1S/C26H20N2O7S/c1-16-4-3-5-18(12-16)15-27-24(29)23(36-26(27)31)14-17-6-11-21(22(13-17)34-2)35-25(30)19-7-9-20(10-8-19)28(32)33/h3-14H,15H2,1-2H3/b23-14-. The van der Waals surface area contributed by atoms with Gasteiger partial charge in [0.1, 0.15) is 0 Å². The normalized spacial score (nSPS) is 14.3. The van der Waals surface area contributed by atoms with Gasteiger partial charge in [0.2, 0.25) is 0 Å². The van der Waals surface area contributed by atoms with Gasteiger partial charge in [0, 0.05) is 12.1 Å². The van der Waals surface area contributed by atoms with Crippen LogP contribution in [0, 0.1) is 17.0 Å². The number of amides is 2. The molecule has 1 aliphatic heterocycles. The molecule has 2 amide bonds. The second-order valence-electron chi connectivity index (χ2n) is 7.86. The molecular formula is C26H20N2O7S. The van der Waals surface area contributed by atoms with Gasteiger partial charge in [0.05, 0.1) is 29.0 Å². The number of ether oxygens (including phenoxy) is 2. The molecule has 0 saturated carbocycles. The molecule has 182 valence electrons. The third-order valence-electron chi connectivity index (χ3n) is 5.30. The topological polar surface area (TPSA) is 116 Å². The first-order valence-electron chi connectivity index (χ1n) is 10.7. The average Bonchev–Trinajstić information content (AvgIpc) is 3.12. The van der Waals surface area contributed by atoms with Crippen LogP contribution in [0.2, 0.25) is 0 Å². The number of rotatable bonds is 7. The summed E-state index contributed by atoms with van der Waals surface area (Å²) in [5.74, 6) is -0.740. The minimum atomic E-state index is -0.715. The van der Waals surface area contributed by atoms with Crippen LogP contribution in [-0.4, -0.2) is 34.0 Å². The van der Waals surface area contributed by atoms with E-state index in [0.29, 0.717) is 5.56 Å². The van der Waals surface area contributed by atoms with Gasteiger partial charge in [-0.25, -0.2) is 4.79 Å². The Hall–Kier alpha value is -4.44. The van der Waals surface area contributed by atoms with Gasteiger partial charge in [-0.1, -0.05) is 35.9 Å². The highest BCUT2D eigenvalue weighted by Crippen LogP contribution is 2.35. The van der Waals surface area contributed by atoms with Gasteiger partial charge >= 0.3 is 5.97 Å². The smallest absolute Gasteiger partial charge is 0.343 e. The third-order valence-corrected chi connectivity index (χ3v) is 6.21. The van der Waals surface area contributed by atoms with Gasteiger partial charge in [-0.3, -0.25) is 24.6 Å². The molecule has 0 bridgehead atoms. The van der Waals surface area contributed by atoms with Crippen LogP contribution in [0.25, 0.3) is 6.08 Å². The van der Waals surface area contributed by atoms with E-state index in [1.165, 1.54) is 42.3 Å². The highest BCUT2D eigenvalue weighted by atomic mass is 32.2. The number of nitro benzene ring substituents is 1. The van der Waals surface area contributed by atoms with Crippen molar-refractivity contribution in [1.29, 1.82) is 0 Å². The third kappa shape index (κ3) is 5.44. The predicted octanol–water partition coefficient (Wildman–Crippen LogP) is 5.37. The molecule has 0 unspecified atom stereocenters. The molecule has 3 aromatic rings. The summed E-state index contributed by atoms with van der Waals surface area (Å²) in [5, 5.41) is 10.4. The van der Waals surface area contributed by atoms with Gasteiger partial charge in [-0.15, -0.1) is 0 Å². The fourth-order valence-electron chi connectivity index (χ4n) is 3.52. The Balaban J connectivity index is 1.50. The van der Waals surface area contributed by atoms with Crippen molar-refractivity contribution in [2.24, 2.45) is 0 Å². The van der Waals surface area contributed by atoms with Crippen LogP contribution in [-0.2, 0) is 11.3 Å². The molecule has 1 aliphatic rings. The number of carbonyl (C=O) groups excluding carboxylic acids is 3. The van der Waals surface area contributed by atoms with Crippen LogP contribution in [0.4, 0.5) is 10.5 Å². The Morgan fingerprint density at radius 1 is 1.06 bits per heavy atom. The molecule has 0 N–H and O–H groups in total. The van der Waals surface area contributed by atoms with Gasteiger partial charge < -0.3 is 9.47 Å². The number of aryl methyl sites for hydroxylation is 1. The van der Waals surface area contributed by atoms with E-state index in [-0.39, 0.29) is 45.3 Å². The van der Waals surface area contributed by atoms with Gasteiger partial charge in [-0.05, 0) is 60.2 Å². The molecule has 3 aromatic carbocycles. The number of hydrogen-bond donors (Lipinski definition) is 0. The van der Waals surface area contributed by atoms with E-state index in [1.807, 2.05) is 31.2 Å². The lowest BCUT2D eigenvalue weighted by atomic mass is 10.1. The van der Waals surface area contributed by atoms with Crippen molar-refractivity contribution in [3.8, 4) is 11.5 Å². The SMILES string of the molecule is COc1cc(/C=C2\SC(=O)N(Cc3cccc(C)c3)C2=O)ccc1OC(=O)c1ccc([N+](=O)[O-])cc1. The van der Waals surface area contributed by atoms with E-state index in [4.69, 9.17) is 9.47 Å². The lowest BCUT2D eigenvalue weighted by Gasteiger charge is -2.13. The van der Waals surface area contributed by atoms with Crippen molar-refractivity contribution in [3.63, 3.8) is 0 Å². The van der Waals surface area contributed by atoms with Crippen LogP contribution >= 0.6 is 11.8 Å². The van der Waals surface area contributed by atoms with Crippen LogP contribution in [0.3, 0.4) is 0 Å². The highest BCUT2D eigenvalue weighted by Gasteiger charge is 2.35. The Morgan fingerprint density at radius 2 is 1.81 bits per heavy atom. The molecule has 0 spiro atoms. The van der Waals surface area contributed by atoms with Crippen LogP contribution in [0.15, 0.2) is 71.6 Å². The zero-order valence-corrected chi connectivity index (χ0v) is 20.1. The van der Waals surface area contributed by atoms with Crippen molar-refractivity contribution >= 4 is 40.6 Å². The second-order valence-corrected chi connectivity index (χ2v) is 8.85. The van der Waals surface area contributed by atoms with E-state index < -0.39 is 10.9 Å². The molecule has 1 heterocycles. The number of imide groups is 1. The maximum absolute atomic E-state index is 12.9. The van der Waals surface area contributed by atoms with Gasteiger partial charge in [0.25, 0.3) is 16.8 Å². The molecule has 0 aliphatic carbocycles. The molecule has 1 fully saturated rings. The number of thioether (sulfide) groups is 1. The molecule has 0 aromatic heterocycles. The highest BCUT2D eigenvalue weighted by molar-refractivity contribution is 8.18. The number of carbonyl (C=O) groups is 3. The lowest BCUT2D eigenvalue weighted by molar-refractivity contribution is -0.384.